The van der Waals surface area contributed by atoms with E-state index in [-0.39, 0.29) is 0 Å². The third kappa shape index (κ3) is 2.77. The highest BCUT2D eigenvalue weighted by molar-refractivity contribution is 9.10. The highest BCUT2D eigenvalue weighted by atomic mass is 79.9. The van der Waals surface area contributed by atoms with Crippen molar-refractivity contribution in [2.45, 2.75) is 6.92 Å². The van der Waals surface area contributed by atoms with Crippen LogP contribution >= 0.6 is 15.9 Å². The van der Waals surface area contributed by atoms with Crippen molar-refractivity contribution in [3.8, 4) is 0 Å². The van der Waals surface area contributed by atoms with Crippen molar-refractivity contribution in [3.63, 3.8) is 0 Å². The van der Waals surface area contributed by atoms with Gasteiger partial charge in [-0.05, 0) is 30.7 Å². The molecule has 0 bridgehead atoms. The molecule has 0 saturated carbocycles. The van der Waals surface area contributed by atoms with Crippen molar-refractivity contribution in [3.05, 3.63) is 28.2 Å². The molecule has 104 valence electrons. The van der Waals surface area contributed by atoms with Gasteiger partial charge >= 0.3 is 6.03 Å². The summed E-state index contributed by atoms with van der Waals surface area (Å²) >= 11 is 3.33. The van der Waals surface area contributed by atoms with E-state index < -0.39 is 23.8 Å². The first-order chi connectivity index (χ1) is 9.40. The molecule has 1 unspecified atom stereocenters. The number of rotatable bonds is 2. The van der Waals surface area contributed by atoms with Gasteiger partial charge in [-0.2, -0.15) is 0 Å². The fourth-order valence-electron chi connectivity index (χ4n) is 1.75. The van der Waals surface area contributed by atoms with E-state index in [2.05, 4.69) is 26.2 Å². The summed E-state index contributed by atoms with van der Waals surface area (Å²) in [6, 6.07) is 4.70. The lowest BCUT2D eigenvalue weighted by molar-refractivity contribution is -0.134. The van der Waals surface area contributed by atoms with Gasteiger partial charge in [-0.25, -0.2) is 9.79 Å². The van der Waals surface area contributed by atoms with Crippen molar-refractivity contribution in [2.75, 3.05) is 12.4 Å². The second-order valence-electron chi connectivity index (χ2n) is 4.38. The molecule has 2 rings (SSSR count). The van der Waals surface area contributed by atoms with Gasteiger partial charge < -0.3 is 5.32 Å². The first-order valence-corrected chi connectivity index (χ1v) is 6.62. The van der Waals surface area contributed by atoms with Gasteiger partial charge in [0.15, 0.2) is 5.92 Å². The topological polar surface area (TPSA) is 78.8 Å². The number of aryl methyl sites for hydroxylation is 1. The second-order valence-corrected chi connectivity index (χ2v) is 5.30. The Bertz CT molecular complexity index is 627. The van der Waals surface area contributed by atoms with E-state index in [1.54, 1.807) is 12.1 Å². The lowest BCUT2D eigenvalue weighted by Gasteiger charge is -2.21. The van der Waals surface area contributed by atoms with Crippen LogP contribution in [0.2, 0.25) is 0 Å². The Balaban J connectivity index is 2.18. The quantitative estimate of drug-likeness (QED) is 0.838. The van der Waals surface area contributed by atoms with Gasteiger partial charge in [0.25, 0.3) is 0 Å². The first-order valence-electron chi connectivity index (χ1n) is 5.83. The van der Waals surface area contributed by atoms with Crippen LogP contribution in [0.1, 0.15) is 5.56 Å². The number of anilines is 1. The predicted molar refractivity (Wildman–Crippen MR) is 77.7 cm³/mol. The van der Waals surface area contributed by atoms with E-state index in [4.69, 9.17) is 0 Å². The zero-order valence-corrected chi connectivity index (χ0v) is 12.5. The summed E-state index contributed by atoms with van der Waals surface area (Å²) in [6.45, 7) is 1.84. The minimum absolute atomic E-state index is 0.511. The second kappa shape index (κ2) is 5.54. The summed E-state index contributed by atoms with van der Waals surface area (Å²) in [7, 11) is 1.30. The first kappa shape index (κ1) is 14.4. The molecule has 0 spiro atoms. The number of carbonyl (C=O) groups is 3. The minimum atomic E-state index is -1.08. The molecule has 1 aliphatic heterocycles. The van der Waals surface area contributed by atoms with Crippen LogP contribution in [0.25, 0.3) is 0 Å². The van der Waals surface area contributed by atoms with E-state index in [0.29, 0.717) is 5.69 Å². The Morgan fingerprint density at radius 3 is 2.75 bits per heavy atom. The molecule has 0 aromatic heterocycles. The minimum Gasteiger partial charge on any atom is -0.325 e. The van der Waals surface area contributed by atoms with Crippen LogP contribution in [0, 0.1) is 12.8 Å². The molecule has 1 heterocycles. The van der Waals surface area contributed by atoms with Crippen LogP contribution in [0.15, 0.2) is 27.7 Å². The average Bonchev–Trinajstić information content (AvgIpc) is 2.39. The van der Waals surface area contributed by atoms with Crippen LogP contribution in [-0.4, -0.2) is 36.0 Å². The number of hydrogen-bond donors (Lipinski definition) is 1. The molecular weight excluding hydrogens is 326 g/mol. The van der Waals surface area contributed by atoms with Gasteiger partial charge in [-0.15, -0.1) is 0 Å². The monoisotopic (exact) mass is 337 g/mol. The highest BCUT2D eigenvalue weighted by Crippen LogP contribution is 2.21. The highest BCUT2D eigenvalue weighted by Gasteiger charge is 2.34. The van der Waals surface area contributed by atoms with E-state index in [1.165, 1.54) is 7.05 Å². The summed E-state index contributed by atoms with van der Waals surface area (Å²) in [6.07, 6.45) is 1.08. The van der Waals surface area contributed by atoms with E-state index in [9.17, 15) is 14.4 Å². The van der Waals surface area contributed by atoms with Crippen molar-refractivity contribution < 1.29 is 14.4 Å². The van der Waals surface area contributed by atoms with Crippen LogP contribution < -0.4 is 5.32 Å². The molecule has 6 nitrogen and oxygen atoms in total. The molecule has 1 aromatic carbocycles. The molecule has 0 saturated heterocycles. The number of urea groups is 1. The van der Waals surface area contributed by atoms with E-state index in [0.717, 1.165) is 21.2 Å². The number of halogens is 1. The van der Waals surface area contributed by atoms with Crippen molar-refractivity contribution in [1.82, 2.24) is 4.90 Å². The number of amides is 4. The SMILES string of the molecule is Cc1cc(Br)ccc1NC(=O)C1C=NC(=O)N(C)C1=O. The summed E-state index contributed by atoms with van der Waals surface area (Å²) in [5, 5.41) is 2.66. The number of hydrogen-bond acceptors (Lipinski definition) is 3. The maximum Gasteiger partial charge on any atom is 0.349 e. The Hall–Kier alpha value is -2.02. The van der Waals surface area contributed by atoms with Crippen molar-refractivity contribution in [2.24, 2.45) is 10.9 Å². The largest absolute Gasteiger partial charge is 0.349 e. The van der Waals surface area contributed by atoms with Gasteiger partial charge in [0.1, 0.15) is 0 Å². The van der Waals surface area contributed by atoms with Gasteiger partial charge in [-0.1, -0.05) is 15.9 Å². The Kier molecular flexibility index (Phi) is 3.99. The summed E-state index contributed by atoms with van der Waals surface area (Å²) in [5.41, 5.74) is 1.47. The molecule has 0 aliphatic carbocycles. The molecule has 4 amide bonds. The fraction of sp³-hybridized carbons (Fsp3) is 0.231. The molecule has 1 aromatic rings. The van der Waals surface area contributed by atoms with Gasteiger partial charge in [0, 0.05) is 23.4 Å². The summed E-state index contributed by atoms with van der Waals surface area (Å²) in [5.74, 6) is -2.18. The van der Waals surface area contributed by atoms with Crippen molar-refractivity contribution in [1.29, 1.82) is 0 Å². The molecule has 0 fully saturated rings. The summed E-state index contributed by atoms with van der Waals surface area (Å²) in [4.78, 5) is 39.5. The number of nitrogens with zero attached hydrogens (tertiary/aromatic N) is 2. The van der Waals surface area contributed by atoms with E-state index in [1.807, 2.05) is 13.0 Å². The molecular formula is C13H12BrN3O3. The zero-order valence-electron chi connectivity index (χ0n) is 10.9. The normalized spacial score (nSPS) is 18.4. The number of nitrogens with one attached hydrogen (secondary N) is 1. The molecule has 1 atom stereocenters. The van der Waals surface area contributed by atoms with Crippen LogP contribution in [0.3, 0.4) is 0 Å². The lowest BCUT2D eigenvalue weighted by atomic mass is 10.1. The smallest absolute Gasteiger partial charge is 0.325 e. The molecule has 1 N–H and O–H groups in total. The van der Waals surface area contributed by atoms with Crippen molar-refractivity contribution >= 4 is 45.7 Å². The molecule has 7 heteroatoms. The lowest BCUT2D eigenvalue weighted by Crippen LogP contribution is -2.45. The Morgan fingerprint density at radius 1 is 1.40 bits per heavy atom. The number of aliphatic imine (C=N–C) groups is 1. The number of carbonyl (C=O) groups excluding carboxylic acids is 3. The molecule has 0 radical (unpaired) electrons. The standard InChI is InChI=1S/C13H12BrN3O3/c1-7-5-8(14)3-4-10(7)16-11(18)9-6-15-13(20)17(2)12(9)19/h3-6,9H,1-2H3,(H,16,18). The maximum atomic E-state index is 12.1. The average molecular weight is 338 g/mol. The third-order valence-electron chi connectivity index (χ3n) is 2.95. The van der Waals surface area contributed by atoms with E-state index >= 15 is 0 Å². The third-order valence-corrected chi connectivity index (χ3v) is 3.44. The summed E-state index contributed by atoms with van der Waals surface area (Å²) < 4.78 is 0.897. The predicted octanol–water partition coefficient (Wildman–Crippen LogP) is 1.98. The maximum absolute atomic E-state index is 12.1. The Morgan fingerprint density at radius 2 is 2.10 bits per heavy atom. The van der Waals surface area contributed by atoms with Gasteiger partial charge in [0.2, 0.25) is 11.8 Å². The van der Waals surface area contributed by atoms with Gasteiger partial charge in [-0.3, -0.25) is 14.5 Å². The van der Waals surface area contributed by atoms with Crippen LogP contribution in [-0.2, 0) is 9.59 Å². The van der Waals surface area contributed by atoms with Crippen LogP contribution in [0.4, 0.5) is 10.5 Å². The fourth-order valence-corrected chi connectivity index (χ4v) is 2.22. The van der Waals surface area contributed by atoms with Gasteiger partial charge in [0.05, 0.1) is 0 Å². The Labute approximate surface area is 124 Å². The molecule has 1 aliphatic rings. The molecule has 20 heavy (non-hydrogen) atoms. The number of imide groups is 1. The van der Waals surface area contributed by atoms with Crippen LogP contribution in [0.5, 0.6) is 0 Å². The zero-order chi connectivity index (χ0) is 14.9. The number of benzene rings is 1.